The maximum absolute atomic E-state index is 11.9. The van der Waals surface area contributed by atoms with Crippen LogP contribution in [0.25, 0.3) is 23.0 Å². The van der Waals surface area contributed by atoms with Gasteiger partial charge in [-0.15, -0.1) is 0 Å². The van der Waals surface area contributed by atoms with Gasteiger partial charge in [-0.05, 0) is 28.5 Å². The lowest BCUT2D eigenvalue weighted by Gasteiger charge is -2.01. The standard InChI is InChI=1S/C16H10Cl2N2O/c17-14-10-19-20(16(21)15(14)18)8-7-11-5-6-12-3-1-2-4-13(12)9-11/h1-10H/b8-7+. The number of aromatic nitrogens is 2. The summed E-state index contributed by atoms with van der Waals surface area (Å²) in [6, 6.07) is 14.1. The predicted molar refractivity (Wildman–Crippen MR) is 87.7 cm³/mol. The van der Waals surface area contributed by atoms with Gasteiger partial charge in [0, 0.05) is 6.20 Å². The molecule has 0 unspecified atom stereocenters. The highest BCUT2D eigenvalue weighted by Gasteiger charge is 2.05. The normalized spacial score (nSPS) is 11.3. The summed E-state index contributed by atoms with van der Waals surface area (Å²) in [5.41, 5.74) is 0.523. The Morgan fingerprint density at radius 2 is 1.81 bits per heavy atom. The van der Waals surface area contributed by atoms with E-state index < -0.39 is 5.56 Å². The van der Waals surface area contributed by atoms with Crippen LogP contribution in [-0.2, 0) is 0 Å². The van der Waals surface area contributed by atoms with Crippen LogP contribution in [0.2, 0.25) is 10.0 Å². The quantitative estimate of drug-likeness (QED) is 0.705. The molecule has 104 valence electrons. The molecule has 0 atom stereocenters. The Kier molecular flexibility index (Phi) is 3.78. The molecule has 3 rings (SSSR count). The summed E-state index contributed by atoms with van der Waals surface area (Å²) in [5, 5.41) is 6.33. The van der Waals surface area contributed by atoms with Gasteiger partial charge >= 0.3 is 0 Å². The van der Waals surface area contributed by atoms with Crippen molar-refractivity contribution in [3.05, 3.63) is 74.6 Å². The van der Waals surface area contributed by atoms with Crippen LogP contribution in [0.3, 0.4) is 0 Å². The fourth-order valence-corrected chi connectivity index (χ4v) is 2.26. The molecule has 0 aliphatic carbocycles. The molecular weight excluding hydrogens is 307 g/mol. The van der Waals surface area contributed by atoms with Crippen molar-refractivity contribution in [1.82, 2.24) is 9.78 Å². The number of hydrogen-bond acceptors (Lipinski definition) is 2. The summed E-state index contributed by atoms with van der Waals surface area (Å²) in [7, 11) is 0. The Morgan fingerprint density at radius 1 is 1.05 bits per heavy atom. The zero-order valence-corrected chi connectivity index (χ0v) is 12.3. The molecule has 0 aliphatic rings. The fraction of sp³-hybridized carbons (Fsp3) is 0. The first-order valence-electron chi connectivity index (χ1n) is 6.25. The molecule has 3 nitrogen and oxygen atoms in total. The largest absolute Gasteiger partial charge is 0.291 e. The van der Waals surface area contributed by atoms with Gasteiger partial charge in [0.1, 0.15) is 5.02 Å². The summed E-state index contributed by atoms with van der Waals surface area (Å²) < 4.78 is 1.16. The lowest BCUT2D eigenvalue weighted by molar-refractivity contribution is 0.855. The summed E-state index contributed by atoms with van der Waals surface area (Å²) in [6.45, 7) is 0. The van der Waals surface area contributed by atoms with Crippen LogP contribution >= 0.6 is 23.2 Å². The smallest absolute Gasteiger partial charge is 0.266 e. The van der Waals surface area contributed by atoms with Gasteiger partial charge in [0.25, 0.3) is 5.56 Å². The van der Waals surface area contributed by atoms with E-state index in [1.54, 1.807) is 12.3 Å². The molecule has 0 saturated carbocycles. The summed E-state index contributed by atoms with van der Waals surface area (Å²) in [6.07, 6.45) is 4.70. The average molecular weight is 317 g/mol. The van der Waals surface area contributed by atoms with E-state index in [0.29, 0.717) is 0 Å². The highest BCUT2D eigenvalue weighted by molar-refractivity contribution is 6.41. The Labute approximate surface area is 131 Å². The van der Waals surface area contributed by atoms with Crippen molar-refractivity contribution in [1.29, 1.82) is 0 Å². The number of fused-ring (bicyclic) bond motifs is 1. The molecular formula is C16H10Cl2N2O. The number of rotatable bonds is 2. The second-order valence-corrected chi connectivity index (χ2v) is 5.26. The van der Waals surface area contributed by atoms with Crippen molar-refractivity contribution in [2.75, 3.05) is 0 Å². The summed E-state index contributed by atoms with van der Waals surface area (Å²) in [5.74, 6) is 0. The molecule has 0 bridgehead atoms. The molecule has 0 amide bonds. The summed E-state index contributed by atoms with van der Waals surface area (Å²) >= 11 is 11.5. The Hall–Kier alpha value is -2.10. The SMILES string of the molecule is O=c1c(Cl)c(Cl)cnn1/C=C/c1ccc2ccccc2c1. The molecule has 3 aromatic rings. The Balaban J connectivity index is 1.98. The van der Waals surface area contributed by atoms with Crippen molar-refractivity contribution in [2.45, 2.75) is 0 Å². The minimum absolute atomic E-state index is 0.0326. The van der Waals surface area contributed by atoms with Gasteiger partial charge in [0.05, 0.1) is 11.2 Å². The molecule has 0 saturated heterocycles. The number of benzene rings is 2. The first-order chi connectivity index (χ1) is 10.1. The maximum Gasteiger partial charge on any atom is 0.291 e. The minimum Gasteiger partial charge on any atom is -0.266 e. The molecule has 21 heavy (non-hydrogen) atoms. The lowest BCUT2D eigenvalue weighted by atomic mass is 10.1. The van der Waals surface area contributed by atoms with Crippen LogP contribution < -0.4 is 5.56 Å². The van der Waals surface area contributed by atoms with Gasteiger partial charge in [-0.2, -0.15) is 5.10 Å². The summed E-state index contributed by atoms with van der Waals surface area (Å²) in [4.78, 5) is 11.9. The number of hydrogen-bond donors (Lipinski definition) is 0. The average Bonchev–Trinajstić information content (AvgIpc) is 2.52. The minimum atomic E-state index is -0.443. The molecule has 0 aliphatic heterocycles. The van der Waals surface area contributed by atoms with Crippen LogP contribution in [0, 0.1) is 0 Å². The van der Waals surface area contributed by atoms with E-state index in [-0.39, 0.29) is 10.0 Å². The van der Waals surface area contributed by atoms with Crippen molar-refractivity contribution in [3.63, 3.8) is 0 Å². The lowest BCUT2D eigenvalue weighted by Crippen LogP contribution is -2.18. The van der Waals surface area contributed by atoms with E-state index in [2.05, 4.69) is 5.10 Å². The van der Waals surface area contributed by atoms with Crippen LogP contribution in [0.4, 0.5) is 0 Å². The van der Waals surface area contributed by atoms with Crippen LogP contribution in [0.5, 0.6) is 0 Å². The molecule has 1 aromatic heterocycles. The van der Waals surface area contributed by atoms with Crippen LogP contribution in [0.15, 0.2) is 53.5 Å². The fourth-order valence-electron chi connectivity index (χ4n) is 2.00. The van der Waals surface area contributed by atoms with E-state index >= 15 is 0 Å². The van der Waals surface area contributed by atoms with Gasteiger partial charge < -0.3 is 0 Å². The third kappa shape index (κ3) is 2.84. The topological polar surface area (TPSA) is 34.9 Å². The van der Waals surface area contributed by atoms with E-state index in [0.717, 1.165) is 15.6 Å². The first-order valence-corrected chi connectivity index (χ1v) is 7.00. The second-order valence-electron chi connectivity index (χ2n) is 4.48. The van der Waals surface area contributed by atoms with E-state index in [4.69, 9.17) is 23.2 Å². The van der Waals surface area contributed by atoms with Crippen molar-refractivity contribution < 1.29 is 0 Å². The highest BCUT2D eigenvalue weighted by atomic mass is 35.5. The van der Waals surface area contributed by atoms with Gasteiger partial charge in [0.15, 0.2) is 0 Å². The maximum atomic E-state index is 11.9. The predicted octanol–water partition coefficient (Wildman–Crippen LogP) is 4.33. The van der Waals surface area contributed by atoms with Crippen LogP contribution in [0.1, 0.15) is 5.56 Å². The van der Waals surface area contributed by atoms with Gasteiger partial charge in [-0.25, -0.2) is 4.68 Å². The van der Waals surface area contributed by atoms with Gasteiger partial charge in [0.2, 0.25) is 0 Å². The Bertz CT molecular complexity index is 900. The van der Waals surface area contributed by atoms with Gasteiger partial charge in [-0.1, -0.05) is 59.6 Å². The molecule has 0 spiro atoms. The molecule has 1 heterocycles. The highest BCUT2D eigenvalue weighted by Crippen LogP contribution is 2.17. The molecule has 5 heteroatoms. The van der Waals surface area contributed by atoms with Crippen LogP contribution in [-0.4, -0.2) is 9.78 Å². The van der Waals surface area contributed by atoms with E-state index in [1.807, 2.05) is 42.5 Å². The second kappa shape index (κ2) is 5.72. The van der Waals surface area contributed by atoms with E-state index in [1.165, 1.54) is 11.6 Å². The molecule has 0 N–H and O–H groups in total. The van der Waals surface area contributed by atoms with Crippen molar-refractivity contribution in [2.24, 2.45) is 0 Å². The van der Waals surface area contributed by atoms with E-state index in [9.17, 15) is 4.79 Å². The Morgan fingerprint density at radius 3 is 2.62 bits per heavy atom. The van der Waals surface area contributed by atoms with Gasteiger partial charge in [-0.3, -0.25) is 4.79 Å². The third-order valence-corrected chi connectivity index (χ3v) is 3.83. The van der Waals surface area contributed by atoms with Crippen molar-refractivity contribution >= 4 is 46.3 Å². The number of nitrogens with zero attached hydrogens (tertiary/aromatic N) is 2. The molecule has 2 aromatic carbocycles. The molecule has 0 fully saturated rings. The molecule has 0 radical (unpaired) electrons. The number of halogens is 2. The monoisotopic (exact) mass is 316 g/mol. The van der Waals surface area contributed by atoms with Crippen molar-refractivity contribution in [3.8, 4) is 0 Å². The third-order valence-electron chi connectivity index (χ3n) is 3.08. The zero-order valence-electron chi connectivity index (χ0n) is 10.8. The first kappa shape index (κ1) is 13.9. The zero-order chi connectivity index (χ0) is 14.8.